The number of hydrogen-bond donors (Lipinski definition) is 0. The third-order valence-electron chi connectivity index (χ3n) is 4.27. The van der Waals surface area contributed by atoms with E-state index in [0.29, 0.717) is 5.88 Å². The number of hydrogen-bond acceptors (Lipinski definition) is 2. The summed E-state index contributed by atoms with van der Waals surface area (Å²) in [7, 11) is 0. The standard InChI is InChI=1S/C16H23ClN2S/c1-5-16(6-2,20-4)11-19-14-9-12(3)7-8-13(14)18-15(19)10-17/h7-9H,5-6,10-11H2,1-4H3. The average molecular weight is 311 g/mol. The summed E-state index contributed by atoms with van der Waals surface area (Å²) in [6, 6.07) is 6.42. The molecular weight excluding hydrogens is 288 g/mol. The van der Waals surface area contributed by atoms with E-state index in [4.69, 9.17) is 11.6 Å². The Balaban J connectivity index is 2.54. The molecule has 0 fully saturated rings. The molecule has 0 spiro atoms. The van der Waals surface area contributed by atoms with E-state index in [0.717, 1.165) is 30.7 Å². The molecule has 2 nitrogen and oxygen atoms in total. The smallest absolute Gasteiger partial charge is 0.124 e. The lowest BCUT2D eigenvalue weighted by Crippen LogP contribution is -2.29. The molecule has 2 aromatic rings. The zero-order chi connectivity index (χ0) is 14.8. The summed E-state index contributed by atoms with van der Waals surface area (Å²) in [6.07, 6.45) is 4.51. The van der Waals surface area contributed by atoms with Gasteiger partial charge in [-0.3, -0.25) is 0 Å². The van der Waals surface area contributed by atoms with Gasteiger partial charge < -0.3 is 4.57 Å². The second-order valence-electron chi connectivity index (χ2n) is 5.33. The third-order valence-corrected chi connectivity index (χ3v) is 6.08. The molecule has 0 aliphatic rings. The molecule has 0 N–H and O–H groups in total. The Bertz CT molecular complexity index is 579. The molecule has 0 bridgehead atoms. The lowest BCUT2D eigenvalue weighted by molar-refractivity contribution is 0.466. The molecule has 2 rings (SSSR count). The maximum Gasteiger partial charge on any atom is 0.124 e. The summed E-state index contributed by atoms with van der Waals surface area (Å²) in [4.78, 5) is 4.68. The van der Waals surface area contributed by atoms with E-state index in [2.05, 4.69) is 54.8 Å². The molecule has 4 heteroatoms. The van der Waals surface area contributed by atoms with Crippen molar-refractivity contribution in [2.45, 2.75) is 50.8 Å². The largest absolute Gasteiger partial charge is 0.326 e. The van der Waals surface area contributed by atoms with Crippen LogP contribution in [0, 0.1) is 6.92 Å². The number of benzene rings is 1. The summed E-state index contributed by atoms with van der Waals surface area (Å²) >= 11 is 8.07. The second kappa shape index (κ2) is 6.40. The summed E-state index contributed by atoms with van der Waals surface area (Å²) in [5.74, 6) is 1.44. The van der Waals surface area contributed by atoms with Crippen molar-refractivity contribution in [3.05, 3.63) is 29.6 Å². The van der Waals surface area contributed by atoms with E-state index in [9.17, 15) is 0 Å². The van der Waals surface area contributed by atoms with Gasteiger partial charge in [-0.15, -0.1) is 11.6 Å². The highest BCUT2D eigenvalue weighted by molar-refractivity contribution is 8.00. The van der Waals surface area contributed by atoms with Crippen LogP contribution in [0.15, 0.2) is 18.2 Å². The van der Waals surface area contributed by atoms with Crippen LogP contribution in [0.2, 0.25) is 0 Å². The van der Waals surface area contributed by atoms with Crippen molar-refractivity contribution in [3.63, 3.8) is 0 Å². The van der Waals surface area contributed by atoms with Crippen molar-refractivity contribution in [2.75, 3.05) is 6.26 Å². The molecule has 1 aromatic heterocycles. The van der Waals surface area contributed by atoms with Gasteiger partial charge in [0.15, 0.2) is 0 Å². The first-order valence-electron chi connectivity index (χ1n) is 7.16. The molecule has 0 aliphatic carbocycles. The molecule has 0 aliphatic heterocycles. The van der Waals surface area contributed by atoms with Crippen LogP contribution in [-0.4, -0.2) is 20.6 Å². The van der Waals surface area contributed by atoms with Gasteiger partial charge in [-0.05, 0) is 43.7 Å². The van der Waals surface area contributed by atoms with Crippen LogP contribution in [-0.2, 0) is 12.4 Å². The van der Waals surface area contributed by atoms with Crippen molar-refractivity contribution in [1.29, 1.82) is 0 Å². The van der Waals surface area contributed by atoms with Gasteiger partial charge in [-0.1, -0.05) is 19.9 Å². The number of aryl methyl sites for hydroxylation is 1. The normalized spacial score (nSPS) is 12.2. The number of fused-ring (bicyclic) bond motifs is 1. The highest BCUT2D eigenvalue weighted by Gasteiger charge is 2.27. The molecule has 0 saturated heterocycles. The van der Waals surface area contributed by atoms with Crippen molar-refractivity contribution in [3.8, 4) is 0 Å². The van der Waals surface area contributed by atoms with Gasteiger partial charge in [-0.25, -0.2) is 4.98 Å². The first kappa shape index (κ1) is 15.7. The minimum atomic E-state index is 0.262. The zero-order valence-corrected chi connectivity index (χ0v) is 14.3. The highest BCUT2D eigenvalue weighted by Crippen LogP contribution is 2.34. The predicted molar refractivity (Wildman–Crippen MR) is 90.9 cm³/mol. The Hall–Kier alpha value is -0.670. The van der Waals surface area contributed by atoms with Crippen molar-refractivity contribution in [1.82, 2.24) is 9.55 Å². The Morgan fingerprint density at radius 3 is 2.55 bits per heavy atom. The molecule has 0 saturated carbocycles. The highest BCUT2D eigenvalue weighted by atomic mass is 35.5. The van der Waals surface area contributed by atoms with Crippen molar-refractivity contribution in [2.24, 2.45) is 0 Å². The van der Waals surface area contributed by atoms with Gasteiger partial charge >= 0.3 is 0 Å². The van der Waals surface area contributed by atoms with Gasteiger partial charge in [0.05, 0.1) is 16.9 Å². The number of alkyl halides is 1. The topological polar surface area (TPSA) is 17.8 Å². The zero-order valence-electron chi connectivity index (χ0n) is 12.7. The molecule has 1 aromatic carbocycles. The Morgan fingerprint density at radius 2 is 2.00 bits per heavy atom. The summed E-state index contributed by atoms with van der Waals surface area (Å²) < 4.78 is 2.58. The molecule has 0 atom stereocenters. The molecule has 110 valence electrons. The van der Waals surface area contributed by atoms with Crippen molar-refractivity contribution >= 4 is 34.4 Å². The average Bonchev–Trinajstić information content (AvgIpc) is 2.82. The fourth-order valence-electron chi connectivity index (χ4n) is 2.68. The third kappa shape index (κ3) is 2.84. The second-order valence-corrected chi connectivity index (χ2v) is 6.88. The van der Waals surface area contributed by atoms with Crippen molar-refractivity contribution < 1.29 is 0 Å². The van der Waals surface area contributed by atoms with E-state index in [1.807, 2.05) is 11.8 Å². The fraction of sp³-hybridized carbons (Fsp3) is 0.562. The first-order valence-corrected chi connectivity index (χ1v) is 8.92. The number of thioether (sulfide) groups is 1. The minimum Gasteiger partial charge on any atom is -0.326 e. The number of imidazole rings is 1. The lowest BCUT2D eigenvalue weighted by atomic mass is 10.0. The quantitative estimate of drug-likeness (QED) is 0.698. The number of nitrogens with zero attached hydrogens (tertiary/aromatic N) is 2. The van der Waals surface area contributed by atoms with Crippen LogP contribution < -0.4 is 0 Å². The first-order chi connectivity index (χ1) is 9.59. The Labute approximate surface area is 130 Å². The number of rotatable bonds is 6. The monoisotopic (exact) mass is 310 g/mol. The molecule has 1 heterocycles. The van der Waals surface area contributed by atoms with Gasteiger partial charge in [-0.2, -0.15) is 11.8 Å². The summed E-state index contributed by atoms with van der Waals surface area (Å²) in [5.41, 5.74) is 3.52. The van der Waals surface area contributed by atoms with Gasteiger partial charge in [0, 0.05) is 11.3 Å². The van der Waals surface area contributed by atoms with Crippen LogP contribution in [0.1, 0.15) is 38.1 Å². The van der Waals surface area contributed by atoms with Crippen LogP contribution >= 0.6 is 23.4 Å². The van der Waals surface area contributed by atoms with E-state index in [1.54, 1.807) is 0 Å². The fourth-order valence-corrected chi connectivity index (χ4v) is 3.72. The minimum absolute atomic E-state index is 0.262. The Morgan fingerprint density at radius 1 is 1.30 bits per heavy atom. The van der Waals surface area contributed by atoms with Gasteiger partial charge in [0.1, 0.15) is 5.82 Å². The number of halogens is 1. The maximum absolute atomic E-state index is 6.11. The maximum atomic E-state index is 6.11. The van der Waals surface area contributed by atoms with Gasteiger partial charge in [0.25, 0.3) is 0 Å². The summed E-state index contributed by atoms with van der Waals surface area (Å²) in [5, 5.41) is 0. The lowest BCUT2D eigenvalue weighted by Gasteiger charge is -2.31. The van der Waals surface area contributed by atoms with Gasteiger partial charge in [0.2, 0.25) is 0 Å². The Kier molecular flexibility index (Phi) is 5.03. The van der Waals surface area contributed by atoms with Crippen LogP contribution in [0.3, 0.4) is 0 Å². The van der Waals surface area contributed by atoms with Crippen LogP contribution in [0.25, 0.3) is 11.0 Å². The van der Waals surface area contributed by atoms with Crippen LogP contribution in [0.5, 0.6) is 0 Å². The predicted octanol–water partition coefficient (Wildman–Crippen LogP) is 5.01. The molecule has 0 amide bonds. The summed E-state index contributed by atoms with van der Waals surface area (Å²) in [6.45, 7) is 7.64. The SMILES string of the molecule is CCC(CC)(Cn1c(CCl)nc2ccc(C)cc21)SC. The molecule has 0 radical (unpaired) electrons. The molecular formula is C16H23ClN2S. The van der Waals surface area contributed by atoms with E-state index < -0.39 is 0 Å². The van der Waals surface area contributed by atoms with E-state index in [1.165, 1.54) is 11.1 Å². The van der Waals surface area contributed by atoms with Crippen LogP contribution in [0.4, 0.5) is 0 Å². The van der Waals surface area contributed by atoms with E-state index >= 15 is 0 Å². The molecule has 20 heavy (non-hydrogen) atoms. The number of aromatic nitrogens is 2. The molecule has 0 unspecified atom stereocenters. The van der Waals surface area contributed by atoms with E-state index in [-0.39, 0.29) is 4.75 Å².